The van der Waals surface area contributed by atoms with Crippen LogP contribution in [0.2, 0.25) is 0 Å². The summed E-state index contributed by atoms with van der Waals surface area (Å²) in [4.78, 5) is 2.31. The molecule has 1 heterocycles. The van der Waals surface area contributed by atoms with Crippen molar-refractivity contribution in [2.75, 3.05) is 41.3 Å². The first-order valence-electron chi connectivity index (χ1n) is 4.20. The summed E-state index contributed by atoms with van der Waals surface area (Å²) in [6.07, 6.45) is 1.30. The number of hydrazine groups is 1. The van der Waals surface area contributed by atoms with E-state index in [0.717, 1.165) is 6.04 Å². The average molecular weight is 157 g/mol. The van der Waals surface area contributed by atoms with Crippen LogP contribution in [0.15, 0.2) is 0 Å². The molecular formula is C8H19N3. The molecule has 1 aliphatic heterocycles. The van der Waals surface area contributed by atoms with Crippen LogP contribution in [-0.2, 0) is 0 Å². The van der Waals surface area contributed by atoms with Gasteiger partial charge in [0, 0.05) is 33.2 Å². The van der Waals surface area contributed by atoms with Gasteiger partial charge in [-0.15, -0.1) is 0 Å². The Labute approximate surface area is 69.5 Å². The highest BCUT2D eigenvalue weighted by molar-refractivity contribution is 4.78. The van der Waals surface area contributed by atoms with Gasteiger partial charge in [0.25, 0.3) is 0 Å². The molecule has 0 bridgehead atoms. The molecule has 0 aromatic carbocycles. The SMILES string of the molecule is CN(C)[C@@H]1CCN(N(C)C)C1. The third kappa shape index (κ3) is 2.15. The molecule has 0 aromatic rings. The summed E-state index contributed by atoms with van der Waals surface area (Å²) in [6, 6.07) is 0.748. The lowest BCUT2D eigenvalue weighted by atomic mass is 10.2. The first-order valence-corrected chi connectivity index (χ1v) is 4.20. The van der Waals surface area contributed by atoms with Gasteiger partial charge in [-0.05, 0) is 20.5 Å². The Bertz CT molecular complexity index is 109. The minimum atomic E-state index is 0.748. The van der Waals surface area contributed by atoms with E-state index in [1.807, 2.05) is 0 Å². The van der Waals surface area contributed by atoms with Crippen LogP contribution < -0.4 is 0 Å². The Morgan fingerprint density at radius 3 is 2.09 bits per heavy atom. The van der Waals surface area contributed by atoms with Crippen molar-refractivity contribution in [2.45, 2.75) is 12.5 Å². The molecule has 11 heavy (non-hydrogen) atoms. The molecular weight excluding hydrogens is 138 g/mol. The highest BCUT2D eigenvalue weighted by atomic mass is 15.6. The van der Waals surface area contributed by atoms with Crippen LogP contribution in [0.5, 0.6) is 0 Å². The monoisotopic (exact) mass is 157 g/mol. The van der Waals surface area contributed by atoms with Gasteiger partial charge in [0.15, 0.2) is 0 Å². The van der Waals surface area contributed by atoms with Crippen molar-refractivity contribution in [3.63, 3.8) is 0 Å². The first kappa shape index (κ1) is 8.97. The van der Waals surface area contributed by atoms with Gasteiger partial charge in [-0.3, -0.25) is 0 Å². The number of rotatable bonds is 2. The molecule has 1 saturated heterocycles. The van der Waals surface area contributed by atoms with Crippen molar-refractivity contribution < 1.29 is 0 Å². The van der Waals surface area contributed by atoms with E-state index in [9.17, 15) is 0 Å². The topological polar surface area (TPSA) is 9.72 Å². The second kappa shape index (κ2) is 3.52. The van der Waals surface area contributed by atoms with Crippen molar-refractivity contribution in [2.24, 2.45) is 0 Å². The average Bonchev–Trinajstić information content (AvgIpc) is 2.33. The van der Waals surface area contributed by atoms with Gasteiger partial charge in [0.2, 0.25) is 0 Å². The van der Waals surface area contributed by atoms with Gasteiger partial charge in [-0.25, -0.2) is 10.0 Å². The molecule has 0 aromatic heterocycles. The number of hydrogen-bond acceptors (Lipinski definition) is 3. The maximum atomic E-state index is 2.38. The Hall–Kier alpha value is -0.120. The van der Waals surface area contributed by atoms with Crippen molar-refractivity contribution in [3.8, 4) is 0 Å². The van der Waals surface area contributed by atoms with E-state index in [1.165, 1.54) is 19.5 Å². The predicted octanol–water partition coefficient (Wildman–Crippen LogP) is 0.0989. The number of hydrogen-bond donors (Lipinski definition) is 0. The molecule has 1 atom stereocenters. The van der Waals surface area contributed by atoms with Gasteiger partial charge in [0.05, 0.1) is 0 Å². The predicted molar refractivity (Wildman–Crippen MR) is 47.4 cm³/mol. The molecule has 0 spiro atoms. The summed E-state index contributed by atoms with van der Waals surface area (Å²) >= 11 is 0. The van der Waals surface area contributed by atoms with Crippen LogP contribution in [0.4, 0.5) is 0 Å². The van der Waals surface area contributed by atoms with E-state index in [4.69, 9.17) is 0 Å². The van der Waals surface area contributed by atoms with E-state index in [-0.39, 0.29) is 0 Å². The Balaban J connectivity index is 2.35. The van der Waals surface area contributed by atoms with Gasteiger partial charge >= 0.3 is 0 Å². The molecule has 1 aliphatic rings. The fourth-order valence-corrected chi connectivity index (χ4v) is 1.51. The zero-order valence-corrected chi connectivity index (χ0v) is 8.04. The lowest BCUT2D eigenvalue weighted by Crippen LogP contribution is -2.38. The third-order valence-corrected chi connectivity index (χ3v) is 2.44. The van der Waals surface area contributed by atoms with Gasteiger partial charge in [0.1, 0.15) is 0 Å². The summed E-state index contributed by atoms with van der Waals surface area (Å²) in [5.74, 6) is 0. The van der Waals surface area contributed by atoms with Crippen molar-refractivity contribution in [1.29, 1.82) is 0 Å². The van der Waals surface area contributed by atoms with Crippen molar-refractivity contribution in [1.82, 2.24) is 14.9 Å². The molecule has 0 amide bonds. The zero-order valence-electron chi connectivity index (χ0n) is 8.04. The minimum absolute atomic E-state index is 0.748. The third-order valence-electron chi connectivity index (χ3n) is 2.44. The van der Waals surface area contributed by atoms with Gasteiger partial charge < -0.3 is 4.90 Å². The van der Waals surface area contributed by atoms with E-state index in [0.29, 0.717) is 0 Å². The quantitative estimate of drug-likeness (QED) is 0.563. The summed E-state index contributed by atoms with van der Waals surface area (Å²) in [5.41, 5.74) is 0. The molecule has 0 unspecified atom stereocenters. The largest absolute Gasteiger partial charge is 0.305 e. The van der Waals surface area contributed by atoms with E-state index in [1.54, 1.807) is 0 Å². The molecule has 0 aliphatic carbocycles. The van der Waals surface area contributed by atoms with Crippen LogP contribution in [-0.4, -0.2) is 62.2 Å². The highest BCUT2D eigenvalue weighted by Gasteiger charge is 2.24. The standard InChI is InChI=1S/C8H19N3/c1-9(2)8-5-6-11(7-8)10(3)4/h8H,5-7H2,1-4H3/t8-/m1/s1. The second-order valence-electron chi connectivity index (χ2n) is 3.67. The van der Waals surface area contributed by atoms with E-state index in [2.05, 4.69) is 43.1 Å². The Kier molecular flexibility index (Phi) is 2.87. The summed E-state index contributed by atoms with van der Waals surface area (Å²) < 4.78 is 0. The molecule has 1 rings (SSSR count). The lowest BCUT2D eigenvalue weighted by Gasteiger charge is -2.25. The first-order chi connectivity index (χ1) is 5.11. The maximum absolute atomic E-state index is 2.38. The van der Waals surface area contributed by atoms with Crippen LogP contribution in [0.25, 0.3) is 0 Å². The fraction of sp³-hybridized carbons (Fsp3) is 1.00. The maximum Gasteiger partial charge on any atom is 0.0289 e. The Morgan fingerprint density at radius 1 is 1.18 bits per heavy atom. The molecule has 66 valence electrons. The molecule has 3 nitrogen and oxygen atoms in total. The van der Waals surface area contributed by atoms with Crippen LogP contribution in [0, 0.1) is 0 Å². The molecule has 0 radical (unpaired) electrons. The fourth-order valence-electron chi connectivity index (χ4n) is 1.51. The smallest absolute Gasteiger partial charge is 0.0289 e. The van der Waals surface area contributed by atoms with Crippen molar-refractivity contribution in [3.05, 3.63) is 0 Å². The summed E-state index contributed by atoms with van der Waals surface area (Å²) in [7, 11) is 8.53. The van der Waals surface area contributed by atoms with Crippen LogP contribution in [0.3, 0.4) is 0 Å². The Morgan fingerprint density at radius 2 is 1.82 bits per heavy atom. The van der Waals surface area contributed by atoms with Gasteiger partial charge in [-0.1, -0.05) is 0 Å². The minimum Gasteiger partial charge on any atom is -0.305 e. The van der Waals surface area contributed by atoms with Crippen LogP contribution >= 0.6 is 0 Å². The summed E-state index contributed by atoms with van der Waals surface area (Å²) in [5, 5.41) is 4.56. The van der Waals surface area contributed by atoms with Crippen molar-refractivity contribution >= 4 is 0 Å². The normalized spacial score (nSPS) is 27.3. The van der Waals surface area contributed by atoms with Gasteiger partial charge in [-0.2, -0.15) is 0 Å². The van der Waals surface area contributed by atoms with Crippen LogP contribution in [0.1, 0.15) is 6.42 Å². The van der Waals surface area contributed by atoms with E-state index >= 15 is 0 Å². The molecule has 0 saturated carbocycles. The number of nitrogens with zero attached hydrogens (tertiary/aromatic N) is 3. The second-order valence-corrected chi connectivity index (χ2v) is 3.67. The molecule has 0 N–H and O–H groups in total. The molecule has 3 heteroatoms. The molecule has 1 fully saturated rings. The zero-order chi connectivity index (χ0) is 8.43. The highest BCUT2D eigenvalue weighted by Crippen LogP contribution is 2.12. The lowest BCUT2D eigenvalue weighted by molar-refractivity contribution is 0.0465. The number of likely N-dealkylation sites (N-methyl/N-ethyl adjacent to an activating group) is 1. The van der Waals surface area contributed by atoms with E-state index < -0.39 is 0 Å². The summed E-state index contributed by atoms with van der Waals surface area (Å²) in [6.45, 7) is 2.38.